The molecule has 1 saturated heterocycles. The highest BCUT2D eigenvalue weighted by Crippen LogP contribution is 1.79. The summed E-state index contributed by atoms with van der Waals surface area (Å²) >= 11 is 0. The first-order chi connectivity index (χ1) is 3.39. The average molecular weight is 117 g/mol. The molecule has 0 saturated carbocycles. The minimum absolute atomic E-state index is 0. The van der Waals surface area contributed by atoms with Gasteiger partial charge in [-0.3, -0.25) is 5.84 Å². The Morgan fingerprint density at radius 1 is 1.25 bits per heavy atom. The molecule has 1 aliphatic rings. The van der Waals surface area contributed by atoms with Crippen LogP contribution in [0.5, 0.6) is 0 Å². The van der Waals surface area contributed by atoms with Gasteiger partial charge in [0.15, 0.2) is 0 Å². The number of nitrogens with two attached hydrogens (primary N) is 1. The van der Waals surface area contributed by atoms with Crippen molar-refractivity contribution in [3.05, 3.63) is 0 Å². The SMILES string of the molecule is C.NN1CCNCC1. The Labute approximate surface area is 50.8 Å². The first kappa shape index (κ1) is 7.88. The lowest BCUT2D eigenvalue weighted by molar-refractivity contribution is 0.248. The zero-order valence-electron chi connectivity index (χ0n) is 4.35. The summed E-state index contributed by atoms with van der Waals surface area (Å²) in [6.07, 6.45) is 0. The fraction of sp³-hybridized carbons (Fsp3) is 1.00. The zero-order chi connectivity index (χ0) is 5.11. The van der Waals surface area contributed by atoms with Crippen molar-refractivity contribution in [1.82, 2.24) is 10.3 Å². The number of hydrazine groups is 1. The van der Waals surface area contributed by atoms with Gasteiger partial charge >= 0.3 is 0 Å². The summed E-state index contributed by atoms with van der Waals surface area (Å²) in [6, 6.07) is 0. The summed E-state index contributed by atoms with van der Waals surface area (Å²) in [4.78, 5) is 0. The van der Waals surface area contributed by atoms with Crippen molar-refractivity contribution in [2.75, 3.05) is 26.2 Å². The van der Waals surface area contributed by atoms with Gasteiger partial charge in [0.2, 0.25) is 0 Å². The number of nitrogens with one attached hydrogen (secondary N) is 1. The van der Waals surface area contributed by atoms with E-state index in [2.05, 4.69) is 5.32 Å². The van der Waals surface area contributed by atoms with Crippen molar-refractivity contribution in [3.63, 3.8) is 0 Å². The van der Waals surface area contributed by atoms with Crippen molar-refractivity contribution in [2.24, 2.45) is 5.84 Å². The fourth-order valence-corrected chi connectivity index (χ4v) is 0.682. The molecule has 0 atom stereocenters. The highest BCUT2D eigenvalue weighted by atomic mass is 15.4. The lowest BCUT2D eigenvalue weighted by Crippen LogP contribution is -2.47. The van der Waals surface area contributed by atoms with E-state index >= 15 is 0 Å². The normalized spacial score (nSPS) is 22.1. The molecule has 0 aliphatic carbocycles. The van der Waals surface area contributed by atoms with Crippen LogP contribution >= 0.6 is 0 Å². The summed E-state index contributed by atoms with van der Waals surface area (Å²) in [5, 5.41) is 5.02. The van der Waals surface area contributed by atoms with Crippen molar-refractivity contribution >= 4 is 0 Å². The minimum atomic E-state index is 0. The fourth-order valence-electron chi connectivity index (χ4n) is 0.682. The van der Waals surface area contributed by atoms with Gasteiger partial charge in [-0.05, 0) is 0 Å². The standard InChI is InChI=1S/C4H11N3.CH4/c5-7-3-1-6-2-4-7;/h6H,1-5H2;1H4. The van der Waals surface area contributed by atoms with Gasteiger partial charge in [0.05, 0.1) is 0 Å². The van der Waals surface area contributed by atoms with Crippen molar-refractivity contribution < 1.29 is 0 Å². The van der Waals surface area contributed by atoms with Gasteiger partial charge in [0.25, 0.3) is 0 Å². The van der Waals surface area contributed by atoms with E-state index in [0.29, 0.717) is 0 Å². The van der Waals surface area contributed by atoms with Crippen LogP contribution in [0.4, 0.5) is 0 Å². The van der Waals surface area contributed by atoms with Gasteiger partial charge in [-0.2, -0.15) is 0 Å². The number of hydrogen-bond donors (Lipinski definition) is 2. The van der Waals surface area contributed by atoms with Crippen LogP contribution in [0.25, 0.3) is 0 Å². The van der Waals surface area contributed by atoms with E-state index < -0.39 is 0 Å². The molecule has 0 aromatic rings. The van der Waals surface area contributed by atoms with E-state index in [0.717, 1.165) is 26.2 Å². The monoisotopic (exact) mass is 117 g/mol. The second-order valence-electron chi connectivity index (χ2n) is 1.79. The van der Waals surface area contributed by atoms with Gasteiger partial charge < -0.3 is 5.32 Å². The maximum atomic E-state index is 5.43. The van der Waals surface area contributed by atoms with E-state index in [9.17, 15) is 0 Å². The van der Waals surface area contributed by atoms with Crippen LogP contribution in [0.2, 0.25) is 0 Å². The van der Waals surface area contributed by atoms with Crippen LogP contribution in [0.1, 0.15) is 7.43 Å². The van der Waals surface area contributed by atoms with E-state index in [1.54, 1.807) is 0 Å². The van der Waals surface area contributed by atoms with Crippen molar-refractivity contribution in [1.29, 1.82) is 0 Å². The van der Waals surface area contributed by atoms with Crippen molar-refractivity contribution in [3.8, 4) is 0 Å². The predicted octanol–water partition coefficient (Wildman–Crippen LogP) is -0.599. The third kappa shape index (κ3) is 2.26. The quantitative estimate of drug-likeness (QED) is 0.416. The maximum Gasteiger partial charge on any atom is 0.0254 e. The maximum absolute atomic E-state index is 5.43. The smallest absolute Gasteiger partial charge is 0.0254 e. The largest absolute Gasteiger partial charge is 0.314 e. The molecule has 1 aliphatic heterocycles. The van der Waals surface area contributed by atoms with E-state index in [-0.39, 0.29) is 7.43 Å². The minimum Gasteiger partial charge on any atom is -0.314 e. The summed E-state index contributed by atoms with van der Waals surface area (Å²) in [5.74, 6) is 5.43. The molecule has 1 heterocycles. The Balaban J connectivity index is 0.000000490. The highest BCUT2D eigenvalue weighted by molar-refractivity contribution is 4.60. The Kier molecular flexibility index (Phi) is 3.77. The second-order valence-corrected chi connectivity index (χ2v) is 1.79. The molecule has 3 heteroatoms. The van der Waals surface area contributed by atoms with Crippen LogP contribution in [0.3, 0.4) is 0 Å². The Hall–Kier alpha value is -0.120. The summed E-state index contributed by atoms with van der Waals surface area (Å²) < 4.78 is 0. The summed E-state index contributed by atoms with van der Waals surface area (Å²) in [6.45, 7) is 4.05. The van der Waals surface area contributed by atoms with Gasteiger partial charge in [0, 0.05) is 26.2 Å². The molecule has 0 aromatic heterocycles. The Morgan fingerprint density at radius 3 is 2.00 bits per heavy atom. The van der Waals surface area contributed by atoms with E-state index in [4.69, 9.17) is 5.84 Å². The molecule has 0 radical (unpaired) electrons. The number of rotatable bonds is 0. The molecule has 1 rings (SSSR count). The lowest BCUT2D eigenvalue weighted by Gasteiger charge is -2.21. The van der Waals surface area contributed by atoms with Crippen LogP contribution < -0.4 is 11.2 Å². The van der Waals surface area contributed by atoms with Crippen molar-refractivity contribution in [2.45, 2.75) is 7.43 Å². The first-order valence-corrected chi connectivity index (χ1v) is 2.60. The molecule has 0 aromatic carbocycles. The molecular weight excluding hydrogens is 102 g/mol. The lowest BCUT2D eigenvalue weighted by atomic mass is 10.4. The molecule has 3 N–H and O–H groups in total. The van der Waals surface area contributed by atoms with E-state index in [1.807, 2.05) is 5.01 Å². The summed E-state index contributed by atoms with van der Waals surface area (Å²) in [7, 11) is 0. The van der Waals surface area contributed by atoms with Gasteiger partial charge in [-0.25, -0.2) is 5.01 Å². The molecule has 0 bridgehead atoms. The van der Waals surface area contributed by atoms with Gasteiger partial charge in [-0.1, -0.05) is 7.43 Å². The number of piperazine rings is 1. The molecular formula is C5H15N3. The average Bonchev–Trinajstić information content (AvgIpc) is 1.69. The molecule has 8 heavy (non-hydrogen) atoms. The molecule has 50 valence electrons. The first-order valence-electron chi connectivity index (χ1n) is 2.60. The Morgan fingerprint density at radius 2 is 1.75 bits per heavy atom. The van der Waals surface area contributed by atoms with Crippen LogP contribution in [-0.4, -0.2) is 31.2 Å². The predicted molar refractivity (Wildman–Crippen MR) is 35.4 cm³/mol. The van der Waals surface area contributed by atoms with Crippen LogP contribution in [0, 0.1) is 0 Å². The van der Waals surface area contributed by atoms with Gasteiger partial charge in [0.1, 0.15) is 0 Å². The van der Waals surface area contributed by atoms with Crippen LogP contribution in [-0.2, 0) is 0 Å². The third-order valence-electron chi connectivity index (χ3n) is 1.15. The van der Waals surface area contributed by atoms with E-state index in [1.165, 1.54) is 0 Å². The zero-order valence-corrected chi connectivity index (χ0v) is 4.35. The van der Waals surface area contributed by atoms with Gasteiger partial charge in [-0.15, -0.1) is 0 Å². The number of hydrogen-bond acceptors (Lipinski definition) is 3. The molecule has 3 nitrogen and oxygen atoms in total. The molecule has 1 fully saturated rings. The molecule has 0 spiro atoms. The molecule has 0 amide bonds. The third-order valence-corrected chi connectivity index (χ3v) is 1.15. The topological polar surface area (TPSA) is 41.3 Å². The number of nitrogens with zero attached hydrogens (tertiary/aromatic N) is 1. The second kappa shape index (κ2) is 3.83. The Bertz CT molecular complexity index is 49.6. The molecule has 0 unspecified atom stereocenters. The highest BCUT2D eigenvalue weighted by Gasteiger charge is 2.01. The summed E-state index contributed by atoms with van der Waals surface area (Å²) in [5.41, 5.74) is 0. The van der Waals surface area contributed by atoms with Crippen LogP contribution in [0.15, 0.2) is 0 Å².